The molecule has 12 heteroatoms. The van der Waals surface area contributed by atoms with Gasteiger partial charge >= 0.3 is 5.97 Å². The Bertz CT molecular complexity index is 1040. The summed E-state index contributed by atoms with van der Waals surface area (Å²) in [6.07, 6.45) is 0. The van der Waals surface area contributed by atoms with E-state index in [0.29, 0.717) is 23.0 Å². The number of hydrogen-bond acceptors (Lipinski definition) is 9. The molecule has 0 aliphatic rings. The zero-order valence-corrected chi connectivity index (χ0v) is 18.9. The van der Waals surface area contributed by atoms with Gasteiger partial charge in [0.05, 0.1) is 25.1 Å². The first-order valence-corrected chi connectivity index (χ1v) is 10.4. The van der Waals surface area contributed by atoms with E-state index < -0.39 is 29.7 Å². The molecule has 0 fully saturated rings. The van der Waals surface area contributed by atoms with Crippen LogP contribution in [0.25, 0.3) is 0 Å². The summed E-state index contributed by atoms with van der Waals surface area (Å²) in [6, 6.07) is 4.01. The van der Waals surface area contributed by atoms with Gasteiger partial charge in [0.25, 0.3) is 11.8 Å². The van der Waals surface area contributed by atoms with Crippen LogP contribution in [0.2, 0.25) is 0 Å². The van der Waals surface area contributed by atoms with E-state index in [1.54, 1.807) is 25.1 Å². The van der Waals surface area contributed by atoms with E-state index in [9.17, 15) is 19.2 Å². The lowest BCUT2D eigenvalue weighted by Gasteiger charge is -2.29. The number of amides is 3. The summed E-state index contributed by atoms with van der Waals surface area (Å²) in [4.78, 5) is 50.6. The highest BCUT2D eigenvalue weighted by atomic mass is 32.1. The molecule has 0 saturated carbocycles. The van der Waals surface area contributed by atoms with E-state index in [4.69, 9.17) is 20.9 Å². The first-order valence-electron chi connectivity index (χ1n) is 9.58. The number of aromatic nitrogens is 1. The normalized spacial score (nSPS) is 11.4. The third kappa shape index (κ3) is 5.32. The van der Waals surface area contributed by atoms with Crippen molar-refractivity contribution in [1.82, 2.24) is 9.69 Å². The Morgan fingerprint density at radius 3 is 2.53 bits per heavy atom. The number of nitrogens with two attached hydrogens (primary N) is 2. The highest BCUT2D eigenvalue weighted by Crippen LogP contribution is 2.34. The molecular formula is C20H25N5O6S. The summed E-state index contributed by atoms with van der Waals surface area (Å²) < 4.78 is 14.0. The molecule has 11 nitrogen and oxygen atoms in total. The average Bonchev–Trinajstić information content (AvgIpc) is 3.14. The van der Waals surface area contributed by atoms with Gasteiger partial charge in [0.15, 0.2) is 5.69 Å². The van der Waals surface area contributed by atoms with E-state index in [1.165, 1.54) is 18.9 Å². The molecule has 0 unspecified atom stereocenters. The molecule has 0 saturated heterocycles. The lowest BCUT2D eigenvalue weighted by molar-refractivity contribution is -0.143. The summed E-state index contributed by atoms with van der Waals surface area (Å²) in [6.45, 7) is 4.74. The number of primary amides is 1. The van der Waals surface area contributed by atoms with Crippen LogP contribution >= 0.6 is 11.5 Å². The van der Waals surface area contributed by atoms with Crippen LogP contribution in [-0.4, -0.2) is 54.4 Å². The second kappa shape index (κ2) is 10.6. The van der Waals surface area contributed by atoms with Gasteiger partial charge in [-0.1, -0.05) is 6.07 Å². The van der Waals surface area contributed by atoms with Gasteiger partial charge in [0.1, 0.15) is 23.2 Å². The van der Waals surface area contributed by atoms with Crippen molar-refractivity contribution >= 4 is 46.6 Å². The lowest BCUT2D eigenvalue weighted by atomic mass is 10.1. The van der Waals surface area contributed by atoms with Gasteiger partial charge in [-0.05, 0) is 50.0 Å². The second-order valence-corrected chi connectivity index (χ2v) is 7.46. The molecule has 1 heterocycles. The molecule has 5 N–H and O–H groups in total. The Balaban J connectivity index is 2.50. The molecule has 3 amide bonds. The van der Waals surface area contributed by atoms with Crippen molar-refractivity contribution in [2.24, 2.45) is 5.73 Å². The van der Waals surface area contributed by atoms with Gasteiger partial charge in [0, 0.05) is 0 Å². The fourth-order valence-electron chi connectivity index (χ4n) is 2.86. The molecule has 0 aliphatic carbocycles. The maximum absolute atomic E-state index is 13.5. The van der Waals surface area contributed by atoms with Crippen molar-refractivity contribution in [3.63, 3.8) is 0 Å². The summed E-state index contributed by atoms with van der Waals surface area (Å²) in [7, 11) is 1.43. The number of anilines is 2. The third-order valence-electron chi connectivity index (χ3n) is 4.45. The van der Waals surface area contributed by atoms with E-state index in [1.807, 2.05) is 6.92 Å². The number of rotatable bonds is 9. The maximum atomic E-state index is 13.5. The van der Waals surface area contributed by atoms with Crippen molar-refractivity contribution in [3.05, 3.63) is 34.3 Å². The van der Waals surface area contributed by atoms with Crippen LogP contribution in [0.5, 0.6) is 5.75 Å². The topological polar surface area (TPSA) is 167 Å². The van der Waals surface area contributed by atoms with Gasteiger partial charge in [0.2, 0.25) is 5.91 Å². The number of esters is 1. The fraction of sp³-hybridized carbons (Fsp3) is 0.350. The number of nitrogen functional groups attached to an aromatic ring is 1. The third-order valence-corrected chi connectivity index (χ3v) is 5.30. The Kier molecular flexibility index (Phi) is 8.13. The minimum Gasteiger partial charge on any atom is -0.495 e. The van der Waals surface area contributed by atoms with E-state index in [2.05, 4.69) is 9.69 Å². The van der Waals surface area contributed by atoms with Crippen LogP contribution in [0.3, 0.4) is 0 Å². The highest BCUT2D eigenvalue weighted by Gasteiger charge is 2.34. The molecule has 1 atom stereocenters. The lowest BCUT2D eigenvalue weighted by Crippen LogP contribution is -2.49. The minimum atomic E-state index is -1.09. The smallest absolute Gasteiger partial charge is 0.325 e. The van der Waals surface area contributed by atoms with E-state index in [-0.39, 0.29) is 29.4 Å². The molecular weight excluding hydrogens is 438 g/mol. The zero-order chi connectivity index (χ0) is 24.0. The first kappa shape index (κ1) is 24.6. The predicted octanol–water partition coefficient (Wildman–Crippen LogP) is 0.856. The molecule has 2 aromatic rings. The molecule has 32 heavy (non-hydrogen) atoms. The molecule has 0 spiro atoms. The van der Waals surface area contributed by atoms with Crippen LogP contribution in [0, 0.1) is 6.92 Å². The number of benzene rings is 1. The molecule has 1 aromatic carbocycles. The quantitative estimate of drug-likeness (QED) is 0.460. The van der Waals surface area contributed by atoms with Crippen molar-refractivity contribution in [3.8, 4) is 5.75 Å². The number of ether oxygens (including phenoxy) is 2. The standard InChI is InChI=1S/C20H25N5O6S/c1-5-31-14(26)9-23-19(28)11(3)25(12-8-10(2)6-7-13(12)30-4)20(29)17-15(21)16(18(22)27)24-32-17/h6-8,11H,5,9,21H2,1-4H3,(H2,22,27)(H,23,28)/t11-/m1/s1. The summed E-state index contributed by atoms with van der Waals surface area (Å²) in [5.41, 5.74) is 11.9. The summed E-state index contributed by atoms with van der Waals surface area (Å²) in [5.74, 6) is -2.47. The number of methoxy groups -OCH3 is 1. The van der Waals surface area contributed by atoms with Crippen LogP contribution in [-0.2, 0) is 14.3 Å². The summed E-state index contributed by atoms with van der Waals surface area (Å²) >= 11 is 0.694. The predicted molar refractivity (Wildman–Crippen MR) is 119 cm³/mol. The van der Waals surface area contributed by atoms with Crippen LogP contribution in [0.15, 0.2) is 18.2 Å². The Morgan fingerprint density at radius 2 is 1.97 bits per heavy atom. The zero-order valence-electron chi connectivity index (χ0n) is 18.1. The van der Waals surface area contributed by atoms with Crippen molar-refractivity contribution in [2.75, 3.05) is 30.9 Å². The SMILES string of the molecule is CCOC(=O)CNC(=O)[C@@H](C)N(C(=O)c1snc(C(N)=O)c1N)c1cc(C)ccc1OC. The van der Waals surface area contributed by atoms with Crippen molar-refractivity contribution in [1.29, 1.82) is 0 Å². The largest absolute Gasteiger partial charge is 0.495 e. The van der Waals surface area contributed by atoms with E-state index in [0.717, 1.165) is 5.56 Å². The Labute approximate surface area is 188 Å². The first-order chi connectivity index (χ1) is 15.1. The van der Waals surface area contributed by atoms with Crippen molar-refractivity contribution < 1.29 is 28.7 Å². The van der Waals surface area contributed by atoms with Crippen LogP contribution in [0.1, 0.15) is 39.6 Å². The fourth-order valence-corrected chi connectivity index (χ4v) is 3.60. The number of nitrogens with one attached hydrogen (secondary N) is 1. The van der Waals surface area contributed by atoms with Crippen LogP contribution < -0.4 is 26.4 Å². The second-order valence-electron chi connectivity index (χ2n) is 6.69. The number of aryl methyl sites for hydroxylation is 1. The summed E-state index contributed by atoms with van der Waals surface area (Å²) in [5, 5.41) is 2.45. The van der Waals surface area contributed by atoms with Gasteiger partial charge in [-0.25, -0.2) is 0 Å². The molecule has 1 aromatic heterocycles. The van der Waals surface area contributed by atoms with E-state index >= 15 is 0 Å². The molecule has 0 bridgehead atoms. The minimum absolute atomic E-state index is 0.0626. The highest BCUT2D eigenvalue weighted by molar-refractivity contribution is 7.09. The van der Waals surface area contributed by atoms with Gasteiger partial charge < -0.3 is 26.3 Å². The number of carbonyl (C=O) groups is 4. The Morgan fingerprint density at radius 1 is 1.28 bits per heavy atom. The number of hydrogen-bond donors (Lipinski definition) is 3. The van der Waals surface area contributed by atoms with Crippen LogP contribution in [0.4, 0.5) is 11.4 Å². The monoisotopic (exact) mass is 463 g/mol. The van der Waals surface area contributed by atoms with Gasteiger partial charge in [-0.2, -0.15) is 4.37 Å². The number of carbonyl (C=O) groups excluding carboxylic acids is 4. The van der Waals surface area contributed by atoms with Gasteiger partial charge in [-0.3, -0.25) is 24.1 Å². The molecule has 0 radical (unpaired) electrons. The molecule has 172 valence electrons. The maximum Gasteiger partial charge on any atom is 0.325 e. The Hall–Kier alpha value is -3.67. The van der Waals surface area contributed by atoms with Crippen molar-refractivity contribution in [2.45, 2.75) is 26.8 Å². The average molecular weight is 464 g/mol. The molecule has 2 rings (SSSR count). The molecule has 0 aliphatic heterocycles. The number of nitrogens with zero attached hydrogens (tertiary/aromatic N) is 2. The van der Waals surface area contributed by atoms with Gasteiger partial charge in [-0.15, -0.1) is 0 Å².